The Morgan fingerprint density at radius 1 is 1.09 bits per heavy atom. The van der Waals surface area contributed by atoms with E-state index in [0.29, 0.717) is 21.5 Å². The van der Waals surface area contributed by atoms with Crippen molar-refractivity contribution in [1.29, 1.82) is 0 Å². The molecule has 3 rings (SSSR count). The minimum absolute atomic E-state index is 0.0904. The van der Waals surface area contributed by atoms with E-state index < -0.39 is 5.97 Å². The Balaban J connectivity index is 2.36. The molecule has 1 heterocycles. The van der Waals surface area contributed by atoms with Crippen LogP contribution in [0.3, 0.4) is 0 Å². The molecule has 0 fully saturated rings. The van der Waals surface area contributed by atoms with Gasteiger partial charge in [0.05, 0.1) is 18.2 Å². The Labute approximate surface area is 130 Å². The first-order valence-electron chi connectivity index (χ1n) is 6.48. The summed E-state index contributed by atoms with van der Waals surface area (Å²) in [6, 6.07) is 13.4. The van der Waals surface area contributed by atoms with Gasteiger partial charge in [0.25, 0.3) is 5.56 Å². The number of hydrogen-bond donors (Lipinski definition) is 0. The van der Waals surface area contributed by atoms with Gasteiger partial charge < -0.3 is 4.74 Å². The van der Waals surface area contributed by atoms with Crippen LogP contribution in [-0.2, 0) is 4.74 Å². The van der Waals surface area contributed by atoms with Crippen LogP contribution in [0.4, 0.5) is 0 Å². The predicted octanol–water partition coefficient (Wildman–Crippen LogP) is 2.83. The Kier molecular flexibility index (Phi) is 3.65. The second kappa shape index (κ2) is 5.61. The number of carbonyl (C=O) groups is 1. The van der Waals surface area contributed by atoms with Gasteiger partial charge in [-0.3, -0.25) is 4.79 Å². The highest BCUT2D eigenvalue weighted by atomic mass is 35.5. The van der Waals surface area contributed by atoms with E-state index in [9.17, 15) is 9.59 Å². The summed E-state index contributed by atoms with van der Waals surface area (Å²) in [4.78, 5) is 24.5. The Morgan fingerprint density at radius 2 is 1.73 bits per heavy atom. The van der Waals surface area contributed by atoms with Crippen molar-refractivity contribution in [2.24, 2.45) is 0 Å². The highest BCUT2D eigenvalue weighted by Crippen LogP contribution is 2.17. The summed E-state index contributed by atoms with van der Waals surface area (Å²) in [6.07, 6.45) is 0. The van der Waals surface area contributed by atoms with Crippen LogP contribution in [0.25, 0.3) is 16.5 Å². The predicted molar refractivity (Wildman–Crippen MR) is 83.7 cm³/mol. The number of aromatic nitrogens is 2. The Morgan fingerprint density at radius 3 is 2.36 bits per heavy atom. The molecule has 0 radical (unpaired) electrons. The molecule has 5 nitrogen and oxygen atoms in total. The lowest BCUT2D eigenvalue weighted by atomic mass is 10.1. The summed E-state index contributed by atoms with van der Waals surface area (Å²) < 4.78 is 5.93. The average Bonchev–Trinajstić information content (AvgIpc) is 2.56. The number of carbonyl (C=O) groups excluding carboxylic acids is 1. The zero-order chi connectivity index (χ0) is 15.7. The molecule has 0 amide bonds. The molecule has 1 aromatic heterocycles. The Hall–Kier alpha value is -2.66. The normalized spacial score (nSPS) is 10.6. The summed E-state index contributed by atoms with van der Waals surface area (Å²) in [5.41, 5.74) is 0.295. The van der Waals surface area contributed by atoms with Crippen molar-refractivity contribution in [2.45, 2.75) is 0 Å². The number of halogens is 1. The van der Waals surface area contributed by atoms with Crippen molar-refractivity contribution in [1.82, 2.24) is 9.78 Å². The minimum Gasteiger partial charge on any atom is -0.464 e. The van der Waals surface area contributed by atoms with E-state index in [0.717, 1.165) is 0 Å². The average molecular weight is 315 g/mol. The van der Waals surface area contributed by atoms with Crippen molar-refractivity contribution in [3.63, 3.8) is 0 Å². The number of ether oxygens (including phenoxy) is 1. The number of fused-ring (bicyclic) bond motifs is 1. The van der Waals surface area contributed by atoms with Crippen LogP contribution in [0.5, 0.6) is 0 Å². The lowest BCUT2D eigenvalue weighted by Crippen LogP contribution is -2.24. The molecule has 0 bridgehead atoms. The third-order valence-electron chi connectivity index (χ3n) is 3.25. The summed E-state index contributed by atoms with van der Waals surface area (Å²) in [5, 5.41) is 5.56. The second-order valence-electron chi connectivity index (χ2n) is 4.58. The van der Waals surface area contributed by atoms with Crippen LogP contribution in [0, 0.1) is 0 Å². The maximum absolute atomic E-state index is 12.6. The zero-order valence-electron chi connectivity index (χ0n) is 11.6. The monoisotopic (exact) mass is 314 g/mol. The molecule has 2 aromatic carbocycles. The molecule has 0 aliphatic carbocycles. The molecular weight excluding hydrogens is 304 g/mol. The minimum atomic E-state index is -0.598. The highest BCUT2D eigenvalue weighted by Gasteiger charge is 2.17. The number of rotatable bonds is 2. The molecule has 0 aliphatic heterocycles. The van der Waals surface area contributed by atoms with Crippen LogP contribution >= 0.6 is 11.6 Å². The fourth-order valence-electron chi connectivity index (χ4n) is 2.19. The number of hydrogen-bond acceptors (Lipinski definition) is 4. The van der Waals surface area contributed by atoms with Crippen LogP contribution < -0.4 is 5.56 Å². The maximum Gasteiger partial charge on any atom is 0.359 e. The van der Waals surface area contributed by atoms with Crippen LogP contribution in [0.2, 0.25) is 5.02 Å². The number of methoxy groups -OCH3 is 1. The molecule has 0 saturated heterocycles. The molecular formula is C16H11ClN2O3. The van der Waals surface area contributed by atoms with E-state index in [1.54, 1.807) is 48.5 Å². The van der Waals surface area contributed by atoms with E-state index in [1.165, 1.54) is 11.8 Å². The maximum atomic E-state index is 12.6. The van der Waals surface area contributed by atoms with Crippen LogP contribution in [0.1, 0.15) is 10.5 Å². The molecule has 0 atom stereocenters. The van der Waals surface area contributed by atoms with Gasteiger partial charge in [-0.2, -0.15) is 9.78 Å². The fourth-order valence-corrected chi connectivity index (χ4v) is 2.32. The van der Waals surface area contributed by atoms with Gasteiger partial charge in [-0.1, -0.05) is 29.8 Å². The molecule has 0 aliphatic rings. The van der Waals surface area contributed by atoms with Crippen LogP contribution in [-0.4, -0.2) is 22.9 Å². The van der Waals surface area contributed by atoms with E-state index in [1.807, 2.05) is 0 Å². The lowest BCUT2D eigenvalue weighted by molar-refractivity contribution is 0.0594. The van der Waals surface area contributed by atoms with Crippen molar-refractivity contribution in [3.05, 3.63) is 69.6 Å². The zero-order valence-corrected chi connectivity index (χ0v) is 12.4. The molecule has 22 heavy (non-hydrogen) atoms. The standard InChI is InChI=1S/C16H11ClN2O3/c1-22-16(21)14-12-4-2-3-5-13(12)15(20)19(18-14)11-8-6-10(17)7-9-11/h2-9H,1H3. The summed E-state index contributed by atoms with van der Waals surface area (Å²) in [5.74, 6) is -0.598. The molecule has 110 valence electrons. The summed E-state index contributed by atoms with van der Waals surface area (Å²) in [7, 11) is 1.27. The summed E-state index contributed by atoms with van der Waals surface area (Å²) >= 11 is 5.86. The highest BCUT2D eigenvalue weighted by molar-refractivity contribution is 6.30. The van der Waals surface area contributed by atoms with Gasteiger partial charge in [-0.15, -0.1) is 0 Å². The van der Waals surface area contributed by atoms with Gasteiger partial charge in [0.1, 0.15) is 0 Å². The van der Waals surface area contributed by atoms with E-state index >= 15 is 0 Å². The number of benzene rings is 2. The SMILES string of the molecule is COC(=O)c1nn(-c2ccc(Cl)cc2)c(=O)c2ccccc12. The van der Waals surface area contributed by atoms with Gasteiger partial charge in [-0.25, -0.2) is 4.79 Å². The third-order valence-corrected chi connectivity index (χ3v) is 3.51. The fraction of sp³-hybridized carbons (Fsp3) is 0.0625. The third kappa shape index (κ3) is 2.35. The van der Waals surface area contributed by atoms with E-state index in [2.05, 4.69) is 5.10 Å². The van der Waals surface area contributed by atoms with Gasteiger partial charge >= 0.3 is 5.97 Å². The molecule has 0 unspecified atom stereocenters. The molecule has 0 spiro atoms. The lowest BCUT2D eigenvalue weighted by Gasteiger charge is -2.09. The van der Waals surface area contributed by atoms with Gasteiger partial charge in [0.15, 0.2) is 5.69 Å². The van der Waals surface area contributed by atoms with Crippen molar-refractivity contribution < 1.29 is 9.53 Å². The van der Waals surface area contributed by atoms with E-state index in [-0.39, 0.29) is 11.3 Å². The first-order chi connectivity index (χ1) is 10.6. The van der Waals surface area contributed by atoms with Gasteiger partial charge in [-0.05, 0) is 30.3 Å². The largest absolute Gasteiger partial charge is 0.464 e. The van der Waals surface area contributed by atoms with Crippen molar-refractivity contribution in [2.75, 3.05) is 7.11 Å². The topological polar surface area (TPSA) is 61.2 Å². The van der Waals surface area contributed by atoms with Crippen molar-refractivity contribution >= 4 is 28.3 Å². The molecule has 0 saturated carbocycles. The molecule has 6 heteroatoms. The number of esters is 1. The second-order valence-corrected chi connectivity index (χ2v) is 5.02. The number of nitrogens with zero attached hydrogens (tertiary/aromatic N) is 2. The summed E-state index contributed by atoms with van der Waals surface area (Å²) in [6.45, 7) is 0. The molecule has 0 N–H and O–H groups in total. The first kappa shape index (κ1) is 14.3. The Bertz CT molecular complexity index is 917. The quantitative estimate of drug-likeness (QED) is 0.682. The smallest absolute Gasteiger partial charge is 0.359 e. The van der Waals surface area contributed by atoms with E-state index in [4.69, 9.17) is 16.3 Å². The van der Waals surface area contributed by atoms with Crippen LogP contribution in [0.15, 0.2) is 53.3 Å². The molecule has 3 aromatic rings. The van der Waals surface area contributed by atoms with Crippen molar-refractivity contribution in [3.8, 4) is 5.69 Å². The van der Waals surface area contributed by atoms with Gasteiger partial charge in [0.2, 0.25) is 0 Å². The first-order valence-corrected chi connectivity index (χ1v) is 6.86. The van der Waals surface area contributed by atoms with Gasteiger partial charge in [0, 0.05) is 10.4 Å².